The number of allylic oxidation sites excluding steroid dienone is 1. The summed E-state index contributed by atoms with van der Waals surface area (Å²) in [6, 6.07) is 14.9. The van der Waals surface area contributed by atoms with E-state index in [0.717, 1.165) is 23.8 Å². The van der Waals surface area contributed by atoms with E-state index in [0.29, 0.717) is 0 Å². The lowest BCUT2D eigenvalue weighted by molar-refractivity contribution is 0.00578. The molecule has 1 fully saturated rings. The Morgan fingerprint density at radius 1 is 0.857 bits per heavy atom. The molecule has 2 aromatic carbocycles. The SMILES string of the molecule is CC1(C)OB(c2ccccc2B2NC3=CCCc4cccc(c43)N2)OC1(C)C. The van der Waals surface area contributed by atoms with Crippen molar-refractivity contribution < 1.29 is 9.31 Å². The zero-order chi connectivity index (χ0) is 19.5. The Morgan fingerprint density at radius 2 is 1.57 bits per heavy atom. The highest BCUT2D eigenvalue weighted by molar-refractivity contribution is 6.82. The Kier molecular flexibility index (Phi) is 3.94. The van der Waals surface area contributed by atoms with Gasteiger partial charge in [0.1, 0.15) is 0 Å². The Balaban J connectivity index is 1.52. The quantitative estimate of drug-likeness (QED) is 0.796. The standard InChI is InChI=1S/C22H26B2N2O2/c1-21(2)22(3,4)28-24(27-21)17-12-6-5-11-16(17)23-25-18-13-7-9-15-10-8-14-19(26-23)20(15)18/h5-7,9,11-14,25-26H,8,10H2,1-4H3. The van der Waals surface area contributed by atoms with Crippen LogP contribution in [0.15, 0.2) is 48.5 Å². The third kappa shape index (κ3) is 2.70. The molecule has 4 nitrogen and oxygen atoms in total. The van der Waals surface area contributed by atoms with Gasteiger partial charge in [0.2, 0.25) is 0 Å². The van der Waals surface area contributed by atoms with E-state index in [1.807, 2.05) is 0 Å². The first kappa shape index (κ1) is 17.9. The molecule has 2 heterocycles. The van der Waals surface area contributed by atoms with E-state index in [4.69, 9.17) is 9.31 Å². The second kappa shape index (κ2) is 6.16. The fourth-order valence-electron chi connectivity index (χ4n) is 4.31. The smallest absolute Gasteiger partial charge is 0.405 e. The molecule has 0 unspecified atom stereocenters. The molecule has 6 heteroatoms. The molecule has 0 aromatic heterocycles. The largest absolute Gasteiger partial charge is 0.494 e. The number of benzene rings is 2. The van der Waals surface area contributed by atoms with Crippen LogP contribution in [-0.4, -0.2) is 25.3 Å². The highest BCUT2D eigenvalue weighted by Gasteiger charge is 2.52. The van der Waals surface area contributed by atoms with E-state index >= 15 is 0 Å². The van der Waals surface area contributed by atoms with E-state index in [2.05, 4.69) is 86.7 Å². The molecule has 5 rings (SSSR count). The number of aryl methyl sites for hydroxylation is 1. The summed E-state index contributed by atoms with van der Waals surface area (Å²) in [5.41, 5.74) is 6.66. The van der Waals surface area contributed by atoms with Crippen LogP contribution in [0.1, 0.15) is 45.2 Å². The van der Waals surface area contributed by atoms with Gasteiger partial charge in [-0.1, -0.05) is 42.5 Å². The second-order valence-corrected chi connectivity index (χ2v) is 8.94. The van der Waals surface area contributed by atoms with Crippen LogP contribution in [0.2, 0.25) is 0 Å². The fourth-order valence-corrected chi connectivity index (χ4v) is 4.31. The minimum absolute atomic E-state index is 0.0256. The molecule has 1 saturated heterocycles. The lowest BCUT2D eigenvalue weighted by Crippen LogP contribution is -2.61. The van der Waals surface area contributed by atoms with Crippen molar-refractivity contribution >= 4 is 36.4 Å². The zero-order valence-electron chi connectivity index (χ0n) is 17.0. The molecule has 2 N–H and O–H groups in total. The molecule has 3 aliphatic rings. The Morgan fingerprint density at radius 3 is 2.32 bits per heavy atom. The molecular formula is C22H26B2N2O2. The number of anilines is 1. The van der Waals surface area contributed by atoms with Crippen LogP contribution in [0.3, 0.4) is 0 Å². The van der Waals surface area contributed by atoms with Gasteiger partial charge < -0.3 is 19.8 Å². The summed E-state index contributed by atoms with van der Waals surface area (Å²) in [6.45, 7) is 8.35. The van der Waals surface area contributed by atoms with Crippen molar-refractivity contribution in [1.29, 1.82) is 0 Å². The predicted molar refractivity (Wildman–Crippen MR) is 117 cm³/mol. The van der Waals surface area contributed by atoms with Crippen LogP contribution in [0.25, 0.3) is 5.70 Å². The lowest BCUT2D eigenvalue weighted by atomic mass is 9.57. The molecule has 142 valence electrons. The van der Waals surface area contributed by atoms with Crippen LogP contribution in [-0.2, 0) is 15.7 Å². The Bertz CT molecular complexity index is 955. The summed E-state index contributed by atoms with van der Waals surface area (Å²) in [5, 5.41) is 7.41. The molecule has 2 aromatic rings. The Hall–Kier alpha value is -2.17. The topological polar surface area (TPSA) is 42.5 Å². The monoisotopic (exact) mass is 372 g/mol. The van der Waals surface area contributed by atoms with E-state index in [9.17, 15) is 0 Å². The maximum absolute atomic E-state index is 6.34. The minimum atomic E-state index is -0.377. The predicted octanol–water partition coefficient (Wildman–Crippen LogP) is 2.68. The van der Waals surface area contributed by atoms with Crippen LogP contribution < -0.4 is 21.4 Å². The van der Waals surface area contributed by atoms with Gasteiger partial charge in [-0.3, -0.25) is 0 Å². The summed E-state index contributed by atoms with van der Waals surface area (Å²) >= 11 is 0. The molecule has 0 atom stereocenters. The normalized spacial score (nSPS) is 21.5. The molecule has 0 saturated carbocycles. The van der Waals surface area contributed by atoms with E-state index < -0.39 is 0 Å². The number of hydrogen-bond acceptors (Lipinski definition) is 4. The summed E-state index contributed by atoms with van der Waals surface area (Å²) in [5.74, 6) is 0. The van der Waals surface area contributed by atoms with Gasteiger partial charge in [-0.15, -0.1) is 0 Å². The van der Waals surface area contributed by atoms with Gasteiger partial charge in [-0.2, -0.15) is 0 Å². The van der Waals surface area contributed by atoms with Gasteiger partial charge in [-0.05, 0) is 63.1 Å². The zero-order valence-corrected chi connectivity index (χ0v) is 17.0. The van der Waals surface area contributed by atoms with Crippen LogP contribution in [0.5, 0.6) is 0 Å². The summed E-state index contributed by atoms with van der Waals surface area (Å²) in [6.07, 6.45) is 4.49. The fraction of sp³-hybridized carbons (Fsp3) is 0.364. The summed E-state index contributed by atoms with van der Waals surface area (Å²) in [7, 11) is -0.377. The molecule has 28 heavy (non-hydrogen) atoms. The molecule has 1 aliphatic carbocycles. The number of nitrogens with one attached hydrogen (secondary N) is 2. The third-order valence-corrected chi connectivity index (χ3v) is 6.60. The van der Waals surface area contributed by atoms with E-state index in [1.54, 1.807) is 0 Å². The molecule has 0 bridgehead atoms. The van der Waals surface area contributed by atoms with Gasteiger partial charge in [0.15, 0.2) is 0 Å². The van der Waals surface area contributed by atoms with E-state index in [-0.39, 0.29) is 25.3 Å². The molecule has 2 aliphatic heterocycles. The van der Waals surface area contributed by atoms with Crippen molar-refractivity contribution in [3.8, 4) is 0 Å². The number of hydrogen-bond donors (Lipinski definition) is 2. The average Bonchev–Trinajstić information content (AvgIpc) is 2.89. The minimum Gasteiger partial charge on any atom is -0.405 e. The van der Waals surface area contributed by atoms with Gasteiger partial charge in [0.25, 0.3) is 0 Å². The maximum Gasteiger partial charge on any atom is 0.494 e. The maximum atomic E-state index is 6.34. The first-order chi connectivity index (χ1) is 13.4. The highest BCUT2D eigenvalue weighted by atomic mass is 16.7. The number of rotatable bonds is 2. The molecule has 0 radical (unpaired) electrons. The molecular weight excluding hydrogens is 346 g/mol. The summed E-state index contributed by atoms with van der Waals surface area (Å²) in [4.78, 5) is 0. The van der Waals surface area contributed by atoms with Crippen LogP contribution in [0, 0.1) is 0 Å². The van der Waals surface area contributed by atoms with Crippen molar-refractivity contribution in [3.05, 3.63) is 59.7 Å². The first-order valence-corrected chi connectivity index (χ1v) is 10.2. The molecule has 0 amide bonds. The van der Waals surface area contributed by atoms with Crippen molar-refractivity contribution in [1.82, 2.24) is 5.23 Å². The van der Waals surface area contributed by atoms with Crippen molar-refractivity contribution in [2.75, 3.05) is 5.23 Å². The lowest BCUT2D eigenvalue weighted by Gasteiger charge is -2.33. The highest BCUT2D eigenvalue weighted by Crippen LogP contribution is 2.37. The second-order valence-electron chi connectivity index (χ2n) is 8.94. The third-order valence-electron chi connectivity index (χ3n) is 6.60. The van der Waals surface area contributed by atoms with Gasteiger partial charge in [0, 0.05) is 16.9 Å². The Labute approximate surface area is 168 Å². The van der Waals surface area contributed by atoms with Crippen LogP contribution >= 0.6 is 0 Å². The molecule has 0 spiro atoms. The summed E-state index contributed by atoms with van der Waals surface area (Å²) < 4.78 is 12.7. The van der Waals surface area contributed by atoms with Crippen molar-refractivity contribution in [3.63, 3.8) is 0 Å². The van der Waals surface area contributed by atoms with Crippen LogP contribution in [0.4, 0.5) is 5.69 Å². The van der Waals surface area contributed by atoms with E-state index in [1.165, 1.54) is 22.5 Å². The average molecular weight is 372 g/mol. The van der Waals surface area contributed by atoms with Crippen molar-refractivity contribution in [2.45, 2.75) is 51.7 Å². The van der Waals surface area contributed by atoms with Crippen molar-refractivity contribution in [2.24, 2.45) is 0 Å². The first-order valence-electron chi connectivity index (χ1n) is 10.2. The van der Waals surface area contributed by atoms with Gasteiger partial charge in [-0.25, -0.2) is 0 Å². The van der Waals surface area contributed by atoms with Gasteiger partial charge >= 0.3 is 14.1 Å². The van der Waals surface area contributed by atoms with Gasteiger partial charge in [0.05, 0.1) is 11.2 Å².